The molecule has 3 heterocycles. The highest BCUT2D eigenvalue weighted by molar-refractivity contribution is 5.93. The molecule has 2 aliphatic carbocycles. The average Bonchev–Trinajstić information content (AvgIpc) is 3.42. The first-order chi connectivity index (χ1) is 17.3. The number of rotatable bonds is 0. The van der Waals surface area contributed by atoms with E-state index in [1.54, 1.807) is 0 Å². The number of aromatic nitrogens is 1. The molecule has 164 valence electrons. The van der Waals surface area contributed by atoms with E-state index in [-0.39, 0.29) is 0 Å². The van der Waals surface area contributed by atoms with Crippen LogP contribution in [-0.4, -0.2) is 4.98 Å². The smallest absolute Gasteiger partial charge is 0.0680 e. The number of anilines is 3. The van der Waals surface area contributed by atoms with Gasteiger partial charge in [-0.05, 0) is 104 Å². The normalized spacial score (nSPS) is 14.9. The molecule has 0 spiro atoms. The first kappa shape index (κ1) is 18.2. The maximum atomic E-state index is 4.52. The van der Waals surface area contributed by atoms with E-state index < -0.39 is 0 Å². The number of fused-ring (bicyclic) bond motifs is 10. The molecule has 4 aromatic carbocycles. The van der Waals surface area contributed by atoms with Gasteiger partial charge in [0.2, 0.25) is 0 Å². The molecular weight excluding hydrogens is 424 g/mol. The van der Waals surface area contributed by atoms with Gasteiger partial charge in [-0.1, -0.05) is 48.5 Å². The Hall–Kier alpha value is -4.17. The first-order valence-corrected chi connectivity index (χ1v) is 12.6. The Balaban J connectivity index is 1.25. The average molecular weight is 447 g/mol. The molecule has 0 fully saturated rings. The summed E-state index contributed by atoms with van der Waals surface area (Å²) >= 11 is 0. The van der Waals surface area contributed by atoms with Crippen molar-refractivity contribution >= 4 is 17.1 Å². The zero-order valence-electron chi connectivity index (χ0n) is 19.3. The number of para-hydroxylation sites is 1. The third kappa shape index (κ3) is 2.32. The molecule has 4 aliphatic rings. The van der Waals surface area contributed by atoms with E-state index in [9.17, 15) is 0 Å². The Morgan fingerprint density at radius 2 is 1.14 bits per heavy atom. The highest BCUT2D eigenvalue weighted by Gasteiger charge is 2.34. The molecule has 0 unspecified atom stereocenters. The van der Waals surface area contributed by atoms with Crippen LogP contribution < -0.4 is 4.90 Å². The molecule has 2 nitrogen and oxygen atoms in total. The van der Waals surface area contributed by atoms with Gasteiger partial charge in [-0.15, -0.1) is 0 Å². The number of hydrogen-bond acceptors (Lipinski definition) is 2. The van der Waals surface area contributed by atoms with Crippen LogP contribution in [0.1, 0.15) is 44.5 Å². The molecule has 1 aromatic heterocycles. The lowest BCUT2D eigenvalue weighted by Gasteiger charge is -2.39. The van der Waals surface area contributed by atoms with Crippen molar-refractivity contribution in [2.24, 2.45) is 0 Å². The van der Waals surface area contributed by atoms with Gasteiger partial charge < -0.3 is 4.90 Å². The van der Waals surface area contributed by atoms with Crippen molar-refractivity contribution < 1.29 is 0 Å². The van der Waals surface area contributed by atoms with E-state index >= 15 is 0 Å². The minimum absolute atomic E-state index is 0.979. The maximum Gasteiger partial charge on any atom is 0.0680 e. The van der Waals surface area contributed by atoms with Crippen molar-refractivity contribution in [2.45, 2.75) is 25.7 Å². The second-order valence-corrected chi connectivity index (χ2v) is 10.4. The van der Waals surface area contributed by atoms with E-state index in [2.05, 4.69) is 88.9 Å². The van der Waals surface area contributed by atoms with Crippen molar-refractivity contribution in [3.63, 3.8) is 0 Å². The third-order valence-electron chi connectivity index (χ3n) is 8.55. The standard InChI is InChI=1S/C33H22N2/c1-2-7-27-19(4-1)10-24-16-29-25(15-28(24)27)13-23-14-26-12-22-6-3-5-21-11-20-8-9-34-18-32(20)35(33(21)22)31(26)17-30(23)29/h1-9,14-18H,10-13H2. The Kier molecular flexibility index (Phi) is 3.27. The van der Waals surface area contributed by atoms with Crippen LogP contribution in [0.2, 0.25) is 0 Å². The lowest BCUT2D eigenvalue weighted by atomic mass is 9.85. The molecular formula is C33H22N2. The summed E-state index contributed by atoms with van der Waals surface area (Å²) in [5.74, 6) is 0. The molecule has 0 amide bonds. The zero-order valence-corrected chi connectivity index (χ0v) is 19.3. The van der Waals surface area contributed by atoms with Crippen LogP contribution in [0.15, 0.2) is 85.2 Å². The van der Waals surface area contributed by atoms with Gasteiger partial charge in [0.25, 0.3) is 0 Å². The first-order valence-electron chi connectivity index (χ1n) is 12.6. The SMILES string of the molecule is c1ccc2c(c1)Cc1cc3c(cc1-2)Cc1cc2c(cc1-3)N1c3cnccc3Cc3cccc(c31)C2. The largest absolute Gasteiger partial charge is 0.308 e. The molecule has 0 bridgehead atoms. The van der Waals surface area contributed by atoms with Gasteiger partial charge in [0.05, 0.1) is 23.3 Å². The van der Waals surface area contributed by atoms with E-state index in [1.165, 1.54) is 83.8 Å². The van der Waals surface area contributed by atoms with Gasteiger partial charge in [0.1, 0.15) is 0 Å². The molecule has 2 aliphatic heterocycles. The van der Waals surface area contributed by atoms with Crippen LogP contribution in [0, 0.1) is 0 Å². The highest BCUT2D eigenvalue weighted by atomic mass is 15.2. The molecule has 0 radical (unpaired) electrons. The van der Waals surface area contributed by atoms with E-state index in [4.69, 9.17) is 0 Å². The maximum absolute atomic E-state index is 4.52. The van der Waals surface area contributed by atoms with Crippen molar-refractivity contribution in [2.75, 3.05) is 4.90 Å². The van der Waals surface area contributed by atoms with Crippen LogP contribution >= 0.6 is 0 Å². The van der Waals surface area contributed by atoms with Crippen molar-refractivity contribution in [3.8, 4) is 22.3 Å². The monoisotopic (exact) mass is 446 g/mol. The van der Waals surface area contributed by atoms with Gasteiger partial charge >= 0.3 is 0 Å². The van der Waals surface area contributed by atoms with E-state index in [0.29, 0.717) is 0 Å². The quantitative estimate of drug-likeness (QED) is 0.240. The summed E-state index contributed by atoms with van der Waals surface area (Å²) in [6.07, 6.45) is 8.02. The third-order valence-corrected chi connectivity index (χ3v) is 8.55. The number of hydrogen-bond donors (Lipinski definition) is 0. The number of nitrogens with zero attached hydrogens (tertiary/aromatic N) is 2. The molecule has 0 saturated carbocycles. The molecule has 0 saturated heterocycles. The Morgan fingerprint density at radius 1 is 0.486 bits per heavy atom. The minimum Gasteiger partial charge on any atom is -0.308 e. The molecule has 35 heavy (non-hydrogen) atoms. The summed E-state index contributed by atoms with van der Waals surface area (Å²) in [7, 11) is 0. The fraction of sp³-hybridized carbons (Fsp3) is 0.121. The van der Waals surface area contributed by atoms with Crippen molar-refractivity contribution in [1.82, 2.24) is 4.98 Å². The number of pyridine rings is 1. The van der Waals surface area contributed by atoms with Crippen LogP contribution in [-0.2, 0) is 25.7 Å². The van der Waals surface area contributed by atoms with Gasteiger partial charge in [-0.25, -0.2) is 0 Å². The topological polar surface area (TPSA) is 16.1 Å². The summed E-state index contributed by atoms with van der Waals surface area (Å²) in [4.78, 5) is 7.02. The van der Waals surface area contributed by atoms with Gasteiger partial charge in [-0.3, -0.25) is 4.98 Å². The predicted octanol–water partition coefficient (Wildman–Crippen LogP) is 7.50. The predicted molar refractivity (Wildman–Crippen MR) is 141 cm³/mol. The zero-order chi connectivity index (χ0) is 22.7. The molecule has 5 aromatic rings. The molecule has 9 rings (SSSR count). The van der Waals surface area contributed by atoms with Gasteiger partial charge in [0, 0.05) is 19.0 Å². The lowest BCUT2D eigenvalue weighted by molar-refractivity contribution is 0.999. The number of benzene rings is 4. The summed E-state index contributed by atoms with van der Waals surface area (Å²) < 4.78 is 0. The fourth-order valence-electron chi connectivity index (χ4n) is 7.03. The lowest BCUT2D eigenvalue weighted by Crippen LogP contribution is -2.25. The minimum atomic E-state index is 0.979. The molecule has 2 heteroatoms. The fourth-order valence-corrected chi connectivity index (χ4v) is 7.03. The highest BCUT2D eigenvalue weighted by Crippen LogP contribution is 2.53. The second-order valence-electron chi connectivity index (χ2n) is 10.4. The molecule has 0 atom stereocenters. The van der Waals surface area contributed by atoms with Crippen LogP contribution in [0.25, 0.3) is 22.3 Å². The van der Waals surface area contributed by atoms with E-state index in [0.717, 1.165) is 25.7 Å². The van der Waals surface area contributed by atoms with E-state index in [1.807, 2.05) is 6.20 Å². The summed E-state index contributed by atoms with van der Waals surface area (Å²) in [6.45, 7) is 0. The van der Waals surface area contributed by atoms with Crippen LogP contribution in [0.4, 0.5) is 17.1 Å². The Bertz CT molecular complexity index is 1760. The molecule has 0 N–H and O–H groups in total. The van der Waals surface area contributed by atoms with Crippen molar-refractivity contribution in [3.05, 3.63) is 130 Å². The summed E-state index contributed by atoms with van der Waals surface area (Å²) in [5, 5.41) is 0. The second kappa shape index (κ2) is 6.28. The Labute approximate surface area is 204 Å². The Morgan fingerprint density at radius 3 is 2.03 bits per heavy atom. The van der Waals surface area contributed by atoms with Gasteiger partial charge in [0.15, 0.2) is 0 Å². The van der Waals surface area contributed by atoms with Crippen LogP contribution in [0.3, 0.4) is 0 Å². The van der Waals surface area contributed by atoms with Gasteiger partial charge in [-0.2, -0.15) is 0 Å². The van der Waals surface area contributed by atoms with Crippen molar-refractivity contribution in [1.29, 1.82) is 0 Å². The van der Waals surface area contributed by atoms with Crippen LogP contribution in [0.5, 0.6) is 0 Å². The summed E-state index contributed by atoms with van der Waals surface area (Å²) in [5.41, 5.74) is 21.1. The summed E-state index contributed by atoms with van der Waals surface area (Å²) in [6, 6.07) is 27.8.